The number of amides is 2. The van der Waals surface area contributed by atoms with Crippen molar-refractivity contribution >= 4 is 17.8 Å². The van der Waals surface area contributed by atoms with Crippen LogP contribution in [0, 0.1) is 17.0 Å². The molecule has 8 heteroatoms. The Morgan fingerprint density at radius 3 is 2.12 bits per heavy atom. The third-order valence-electron chi connectivity index (χ3n) is 8.07. The van der Waals surface area contributed by atoms with Gasteiger partial charge in [0.2, 0.25) is 0 Å². The number of likely N-dealkylation sites (tertiary alicyclic amines) is 1. The van der Waals surface area contributed by atoms with Crippen LogP contribution < -0.4 is 5.32 Å². The smallest absolute Gasteiger partial charge is 0.341 e. The Labute approximate surface area is 232 Å². The summed E-state index contributed by atoms with van der Waals surface area (Å²) in [5, 5.41) is 2.90. The summed E-state index contributed by atoms with van der Waals surface area (Å²) in [6, 6.07) is 18.0. The molecule has 2 aliphatic rings. The number of nitrogens with one attached hydrogen (secondary N) is 1. The van der Waals surface area contributed by atoms with Crippen LogP contribution in [0.2, 0.25) is 0 Å². The van der Waals surface area contributed by atoms with E-state index in [2.05, 4.69) is 5.32 Å². The highest BCUT2D eigenvalue weighted by Crippen LogP contribution is 2.49. The number of carbonyl (C=O) groups excluding carboxylic acids is 3. The molecule has 1 N–H and O–H groups in total. The molecule has 0 atom stereocenters. The van der Waals surface area contributed by atoms with Crippen LogP contribution in [-0.2, 0) is 11.2 Å². The van der Waals surface area contributed by atoms with Crippen LogP contribution in [0.25, 0.3) is 0 Å². The van der Waals surface area contributed by atoms with Gasteiger partial charge < -0.3 is 15.0 Å². The number of piperidine rings is 1. The van der Waals surface area contributed by atoms with Gasteiger partial charge in [0.15, 0.2) is 0 Å². The molecule has 0 unspecified atom stereocenters. The van der Waals surface area contributed by atoms with Gasteiger partial charge in [0, 0.05) is 24.7 Å². The summed E-state index contributed by atoms with van der Waals surface area (Å²) in [5.41, 5.74) is 2.35. The highest BCUT2D eigenvalue weighted by Gasteiger charge is 2.47. The van der Waals surface area contributed by atoms with Crippen molar-refractivity contribution in [2.75, 3.05) is 19.7 Å². The molecule has 1 aliphatic carbocycles. The number of nitrogens with zero attached hydrogens (tertiary/aromatic N) is 1. The lowest BCUT2D eigenvalue weighted by atomic mass is 9.60. The molecule has 40 heavy (non-hydrogen) atoms. The first-order valence-corrected chi connectivity index (χ1v) is 13.7. The van der Waals surface area contributed by atoms with Crippen LogP contribution in [-0.4, -0.2) is 48.4 Å². The minimum atomic E-state index is -0.872. The summed E-state index contributed by atoms with van der Waals surface area (Å²) in [6.45, 7) is 3.04. The van der Waals surface area contributed by atoms with E-state index >= 15 is 0 Å². The number of hydrogen-bond acceptors (Lipinski definition) is 4. The fourth-order valence-corrected chi connectivity index (χ4v) is 5.80. The van der Waals surface area contributed by atoms with Gasteiger partial charge >= 0.3 is 5.97 Å². The predicted molar refractivity (Wildman–Crippen MR) is 146 cm³/mol. The Morgan fingerprint density at radius 1 is 0.900 bits per heavy atom. The molecule has 6 nitrogen and oxygen atoms in total. The second-order valence-corrected chi connectivity index (χ2v) is 10.8. The van der Waals surface area contributed by atoms with Gasteiger partial charge in [0.05, 0.1) is 17.7 Å². The molecule has 1 saturated heterocycles. The zero-order chi connectivity index (χ0) is 28.3. The van der Waals surface area contributed by atoms with E-state index < -0.39 is 17.7 Å². The van der Waals surface area contributed by atoms with Gasteiger partial charge in [-0.15, -0.1) is 0 Å². The number of carbonyl (C=O) groups is 3. The largest absolute Gasteiger partial charge is 0.462 e. The van der Waals surface area contributed by atoms with Crippen molar-refractivity contribution in [1.29, 1.82) is 0 Å². The van der Waals surface area contributed by atoms with Crippen molar-refractivity contribution in [1.82, 2.24) is 10.2 Å². The van der Waals surface area contributed by atoms with E-state index in [1.165, 1.54) is 30.3 Å². The lowest BCUT2D eigenvalue weighted by Crippen LogP contribution is -2.55. The SMILES string of the molecule is CCOC(=O)c1cccc(C(=O)NC2CC3(CCN(C(=O)c4ccc(Cc5ccc(F)cc5)cc4)CC3)C2)c1F. The number of hydrogen-bond donors (Lipinski definition) is 1. The van der Waals surface area contributed by atoms with Crippen LogP contribution in [0.5, 0.6) is 0 Å². The maximum absolute atomic E-state index is 14.8. The fraction of sp³-hybridized carbons (Fsp3) is 0.344. The van der Waals surface area contributed by atoms with Gasteiger partial charge in [-0.3, -0.25) is 9.59 Å². The van der Waals surface area contributed by atoms with E-state index in [9.17, 15) is 23.2 Å². The molecule has 208 valence electrons. The zero-order valence-corrected chi connectivity index (χ0v) is 22.4. The monoisotopic (exact) mass is 546 g/mol. The van der Waals surface area contributed by atoms with Crippen molar-refractivity contribution in [2.24, 2.45) is 5.41 Å². The van der Waals surface area contributed by atoms with E-state index in [0.717, 1.165) is 36.8 Å². The van der Waals surface area contributed by atoms with Crippen LogP contribution in [0.1, 0.15) is 74.8 Å². The highest BCUT2D eigenvalue weighted by molar-refractivity contribution is 5.98. The van der Waals surface area contributed by atoms with Gasteiger partial charge in [-0.05, 0) is 92.0 Å². The molecule has 2 fully saturated rings. The first kappa shape index (κ1) is 27.5. The van der Waals surface area contributed by atoms with Crippen molar-refractivity contribution in [2.45, 2.75) is 45.1 Å². The van der Waals surface area contributed by atoms with E-state index in [1.807, 2.05) is 29.2 Å². The second-order valence-electron chi connectivity index (χ2n) is 10.8. The zero-order valence-electron chi connectivity index (χ0n) is 22.4. The molecule has 1 spiro atoms. The average Bonchev–Trinajstić information content (AvgIpc) is 2.94. The predicted octanol–water partition coefficient (Wildman–Crippen LogP) is 5.55. The Morgan fingerprint density at radius 2 is 1.50 bits per heavy atom. The minimum absolute atomic E-state index is 0.00400. The summed E-state index contributed by atoms with van der Waals surface area (Å²) < 4.78 is 32.8. The number of halogens is 2. The normalized spacial score (nSPS) is 16.3. The Bertz CT molecular complexity index is 1390. The van der Waals surface area contributed by atoms with E-state index in [4.69, 9.17) is 4.74 Å². The number of esters is 1. The van der Waals surface area contributed by atoms with E-state index in [1.54, 1.807) is 19.1 Å². The number of ether oxygens (including phenoxy) is 1. The first-order chi connectivity index (χ1) is 19.3. The summed E-state index contributed by atoms with van der Waals surface area (Å²) >= 11 is 0. The minimum Gasteiger partial charge on any atom is -0.462 e. The number of benzene rings is 3. The lowest BCUT2D eigenvalue weighted by Gasteiger charge is -2.52. The molecular formula is C32H32F2N2O4. The lowest BCUT2D eigenvalue weighted by molar-refractivity contribution is 0.00859. The Kier molecular flexibility index (Phi) is 7.96. The Hall–Kier alpha value is -4.07. The van der Waals surface area contributed by atoms with Crippen LogP contribution >= 0.6 is 0 Å². The molecule has 2 amide bonds. The summed E-state index contributed by atoms with van der Waals surface area (Å²) in [4.78, 5) is 39.7. The van der Waals surface area contributed by atoms with E-state index in [0.29, 0.717) is 25.1 Å². The molecule has 1 saturated carbocycles. The van der Waals surface area contributed by atoms with Gasteiger partial charge in [-0.2, -0.15) is 0 Å². The van der Waals surface area contributed by atoms with Gasteiger partial charge in [-0.25, -0.2) is 13.6 Å². The topological polar surface area (TPSA) is 75.7 Å². The molecule has 3 aromatic carbocycles. The third kappa shape index (κ3) is 5.91. The van der Waals surface area contributed by atoms with Crippen molar-refractivity contribution in [3.05, 3.63) is 106 Å². The maximum Gasteiger partial charge on any atom is 0.341 e. The van der Waals surface area contributed by atoms with E-state index in [-0.39, 0.29) is 40.9 Å². The molecule has 3 aromatic rings. The van der Waals surface area contributed by atoms with Gasteiger partial charge in [0.1, 0.15) is 11.6 Å². The average molecular weight is 547 g/mol. The molecule has 5 rings (SSSR count). The van der Waals surface area contributed by atoms with Crippen LogP contribution in [0.3, 0.4) is 0 Å². The quantitative estimate of drug-likeness (QED) is 0.395. The molecule has 0 bridgehead atoms. The van der Waals surface area contributed by atoms with Crippen LogP contribution in [0.4, 0.5) is 8.78 Å². The van der Waals surface area contributed by atoms with Crippen LogP contribution in [0.15, 0.2) is 66.7 Å². The number of rotatable bonds is 7. The maximum atomic E-state index is 14.8. The summed E-state index contributed by atoms with van der Waals surface area (Å²) in [5.74, 6) is -2.46. The summed E-state index contributed by atoms with van der Waals surface area (Å²) in [6.07, 6.45) is 3.92. The van der Waals surface area contributed by atoms with Crippen molar-refractivity contribution in [3.8, 4) is 0 Å². The molecule has 1 heterocycles. The molecular weight excluding hydrogens is 514 g/mol. The first-order valence-electron chi connectivity index (χ1n) is 13.7. The van der Waals surface area contributed by atoms with Crippen molar-refractivity contribution < 1.29 is 27.9 Å². The van der Waals surface area contributed by atoms with Gasteiger partial charge in [0.25, 0.3) is 11.8 Å². The van der Waals surface area contributed by atoms with Crippen molar-refractivity contribution in [3.63, 3.8) is 0 Å². The fourth-order valence-electron chi connectivity index (χ4n) is 5.80. The standard InChI is InChI=1S/C32H32F2N2O4/c1-2-40-31(39)27-5-3-4-26(28(27)34)29(37)35-25-19-32(20-25)14-16-36(17-15-32)30(38)23-10-6-21(7-11-23)18-22-8-12-24(33)13-9-22/h3-13,25H,2,14-20H2,1H3,(H,35,37). The molecule has 0 aromatic heterocycles. The Balaban J connectivity index is 1.10. The molecule has 1 aliphatic heterocycles. The second kappa shape index (κ2) is 11.6. The summed E-state index contributed by atoms with van der Waals surface area (Å²) in [7, 11) is 0. The molecule has 0 radical (unpaired) electrons. The highest BCUT2D eigenvalue weighted by atomic mass is 19.1. The third-order valence-corrected chi connectivity index (χ3v) is 8.07. The van der Waals surface area contributed by atoms with Gasteiger partial charge in [-0.1, -0.05) is 30.3 Å².